The Balaban J connectivity index is 0.00000196. The maximum Gasteiger partial charge on any atom is 0.241 e. The van der Waals surface area contributed by atoms with E-state index < -0.39 is 0 Å². The topological polar surface area (TPSA) is 68.2 Å². The van der Waals surface area contributed by atoms with Gasteiger partial charge in [0.15, 0.2) is 0 Å². The van der Waals surface area contributed by atoms with E-state index in [0.29, 0.717) is 24.2 Å². The van der Waals surface area contributed by atoms with Crippen molar-refractivity contribution in [2.75, 3.05) is 13.1 Å². The van der Waals surface area contributed by atoms with E-state index in [1.54, 1.807) is 12.1 Å². The molecule has 1 saturated heterocycles. The summed E-state index contributed by atoms with van der Waals surface area (Å²) in [4.78, 5) is 6.64. The first-order valence-electron chi connectivity index (χ1n) is 8.30. The summed E-state index contributed by atoms with van der Waals surface area (Å²) >= 11 is 0. The number of likely N-dealkylation sites (tertiary alicyclic amines) is 1. The van der Waals surface area contributed by atoms with Crippen LogP contribution in [0.5, 0.6) is 0 Å². The molecule has 0 spiro atoms. The third kappa shape index (κ3) is 3.93. The summed E-state index contributed by atoms with van der Waals surface area (Å²) in [5.74, 6) is 1.03. The molecule has 1 aliphatic rings. The first-order valence-corrected chi connectivity index (χ1v) is 8.30. The van der Waals surface area contributed by atoms with Crippen molar-refractivity contribution in [1.29, 1.82) is 0 Å². The van der Waals surface area contributed by atoms with Crippen LogP contribution in [0.1, 0.15) is 17.4 Å². The third-order valence-corrected chi connectivity index (χ3v) is 4.60. The molecule has 2 atom stereocenters. The van der Waals surface area contributed by atoms with E-state index in [0.717, 1.165) is 18.7 Å². The molecule has 5 nitrogen and oxygen atoms in total. The number of rotatable bonds is 4. The van der Waals surface area contributed by atoms with Crippen LogP contribution in [-0.2, 0) is 6.54 Å². The summed E-state index contributed by atoms with van der Waals surface area (Å²) in [6, 6.07) is 16.5. The minimum absolute atomic E-state index is 0. The van der Waals surface area contributed by atoms with Gasteiger partial charge in [-0.2, -0.15) is 4.98 Å². The Morgan fingerprint density at radius 3 is 2.54 bits per heavy atom. The average molecular weight is 375 g/mol. The third-order valence-electron chi connectivity index (χ3n) is 4.60. The zero-order chi connectivity index (χ0) is 17.2. The second kappa shape index (κ2) is 7.95. The molecule has 1 fully saturated rings. The number of hydrogen-bond acceptors (Lipinski definition) is 5. The molecule has 0 aliphatic carbocycles. The fourth-order valence-electron chi connectivity index (χ4n) is 3.32. The Morgan fingerprint density at radius 1 is 1.08 bits per heavy atom. The molecular formula is C19H20ClFN4O. The van der Waals surface area contributed by atoms with Crippen LogP contribution in [0, 0.1) is 5.82 Å². The smallest absolute Gasteiger partial charge is 0.241 e. The van der Waals surface area contributed by atoms with Crippen LogP contribution < -0.4 is 5.73 Å². The Bertz CT molecular complexity index is 840. The first-order chi connectivity index (χ1) is 12.2. The molecule has 0 radical (unpaired) electrons. The fourth-order valence-corrected chi connectivity index (χ4v) is 3.32. The van der Waals surface area contributed by atoms with E-state index in [1.165, 1.54) is 17.7 Å². The van der Waals surface area contributed by atoms with Crippen LogP contribution in [-0.4, -0.2) is 34.2 Å². The van der Waals surface area contributed by atoms with Gasteiger partial charge in [0.2, 0.25) is 11.7 Å². The van der Waals surface area contributed by atoms with Gasteiger partial charge in [-0.25, -0.2) is 4.39 Å². The van der Waals surface area contributed by atoms with Gasteiger partial charge in [-0.3, -0.25) is 4.90 Å². The van der Waals surface area contributed by atoms with Crippen molar-refractivity contribution >= 4 is 12.4 Å². The Hall–Kier alpha value is -2.28. The van der Waals surface area contributed by atoms with Crippen molar-refractivity contribution in [1.82, 2.24) is 15.0 Å². The molecule has 4 rings (SSSR count). The highest BCUT2D eigenvalue weighted by Gasteiger charge is 2.32. The number of halogens is 2. The Kier molecular flexibility index (Phi) is 5.66. The lowest BCUT2D eigenvalue weighted by atomic mass is 9.95. The lowest BCUT2D eigenvalue weighted by Crippen LogP contribution is -2.28. The molecule has 0 unspecified atom stereocenters. The molecule has 7 heteroatoms. The van der Waals surface area contributed by atoms with Crippen LogP contribution >= 0.6 is 12.4 Å². The molecule has 3 aromatic rings. The van der Waals surface area contributed by atoms with E-state index in [1.807, 2.05) is 18.2 Å². The van der Waals surface area contributed by atoms with Gasteiger partial charge in [-0.1, -0.05) is 35.5 Å². The first kappa shape index (κ1) is 18.5. The molecular weight excluding hydrogens is 355 g/mol. The predicted molar refractivity (Wildman–Crippen MR) is 99.4 cm³/mol. The molecule has 2 heterocycles. The van der Waals surface area contributed by atoms with Crippen molar-refractivity contribution in [3.8, 4) is 11.4 Å². The fraction of sp³-hybridized carbons (Fsp3) is 0.263. The SMILES string of the molecule is Cl.N[C@@H]1CN(Cc2nc(-c3ccc(F)cc3)no2)C[C@H]1c1ccccc1. The van der Waals surface area contributed by atoms with Gasteiger partial charge in [0.25, 0.3) is 0 Å². The average Bonchev–Trinajstić information content (AvgIpc) is 3.23. The standard InChI is InChI=1S/C19H19FN4O.ClH/c20-15-8-6-14(7-9-15)19-22-18(25-23-19)12-24-10-16(17(21)11-24)13-4-2-1-3-5-13;/h1-9,16-17H,10-12,21H2;1H/t16-,17+;/m0./s1. The summed E-state index contributed by atoms with van der Waals surface area (Å²) < 4.78 is 18.4. The molecule has 1 aromatic heterocycles. The van der Waals surface area contributed by atoms with Crippen LogP contribution in [0.2, 0.25) is 0 Å². The molecule has 2 aromatic carbocycles. The van der Waals surface area contributed by atoms with Crippen molar-refractivity contribution in [2.24, 2.45) is 5.73 Å². The molecule has 26 heavy (non-hydrogen) atoms. The highest BCUT2D eigenvalue weighted by Crippen LogP contribution is 2.27. The van der Waals surface area contributed by atoms with Crippen LogP contribution in [0.15, 0.2) is 59.1 Å². The normalized spacial score (nSPS) is 20.1. The second-order valence-corrected chi connectivity index (χ2v) is 6.39. The summed E-state index contributed by atoms with van der Waals surface area (Å²) in [5, 5.41) is 3.99. The molecule has 1 aliphatic heterocycles. The van der Waals surface area contributed by atoms with Crippen molar-refractivity contribution in [2.45, 2.75) is 18.5 Å². The minimum atomic E-state index is -0.287. The Morgan fingerprint density at radius 2 is 1.81 bits per heavy atom. The monoisotopic (exact) mass is 374 g/mol. The van der Waals surface area contributed by atoms with E-state index in [-0.39, 0.29) is 24.3 Å². The summed E-state index contributed by atoms with van der Waals surface area (Å²) in [7, 11) is 0. The molecule has 0 amide bonds. The highest BCUT2D eigenvalue weighted by atomic mass is 35.5. The summed E-state index contributed by atoms with van der Waals surface area (Å²) in [5.41, 5.74) is 8.31. The predicted octanol–water partition coefficient (Wildman–Crippen LogP) is 3.22. The van der Waals surface area contributed by atoms with E-state index in [9.17, 15) is 4.39 Å². The zero-order valence-electron chi connectivity index (χ0n) is 14.1. The maximum atomic E-state index is 13.0. The Labute approximate surface area is 157 Å². The minimum Gasteiger partial charge on any atom is -0.338 e. The molecule has 136 valence electrons. The van der Waals surface area contributed by atoms with E-state index >= 15 is 0 Å². The van der Waals surface area contributed by atoms with Gasteiger partial charge in [0.05, 0.1) is 6.54 Å². The van der Waals surface area contributed by atoms with Gasteiger partial charge in [0.1, 0.15) is 5.82 Å². The lowest BCUT2D eigenvalue weighted by molar-refractivity contribution is 0.264. The van der Waals surface area contributed by atoms with Crippen LogP contribution in [0.4, 0.5) is 4.39 Å². The van der Waals surface area contributed by atoms with Crippen molar-refractivity contribution in [3.05, 3.63) is 71.9 Å². The summed E-state index contributed by atoms with van der Waals surface area (Å²) in [6.07, 6.45) is 0. The zero-order valence-corrected chi connectivity index (χ0v) is 14.9. The maximum absolute atomic E-state index is 13.0. The van der Waals surface area contributed by atoms with Crippen molar-refractivity contribution < 1.29 is 8.91 Å². The largest absolute Gasteiger partial charge is 0.338 e. The van der Waals surface area contributed by atoms with Gasteiger partial charge >= 0.3 is 0 Å². The van der Waals surface area contributed by atoms with Gasteiger partial charge in [0, 0.05) is 30.6 Å². The number of hydrogen-bond donors (Lipinski definition) is 1. The van der Waals surface area contributed by atoms with Gasteiger partial charge in [-0.05, 0) is 29.8 Å². The van der Waals surface area contributed by atoms with Crippen molar-refractivity contribution in [3.63, 3.8) is 0 Å². The van der Waals surface area contributed by atoms with E-state index in [4.69, 9.17) is 10.3 Å². The molecule has 2 N–H and O–H groups in total. The number of nitrogens with zero attached hydrogens (tertiary/aromatic N) is 3. The number of nitrogens with two attached hydrogens (primary N) is 1. The molecule has 0 saturated carbocycles. The summed E-state index contributed by atoms with van der Waals surface area (Å²) in [6.45, 7) is 2.21. The lowest BCUT2D eigenvalue weighted by Gasteiger charge is -2.14. The van der Waals surface area contributed by atoms with Crippen LogP contribution in [0.25, 0.3) is 11.4 Å². The highest BCUT2D eigenvalue weighted by molar-refractivity contribution is 5.85. The van der Waals surface area contributed by atoms with Gasteiger partial charge in [-0.15, -0.1) is 12.4 Å². The van der Waals surface area contributed by atoms with E-state index in [2.05, 4.69) is 27.2 Å². The van der Waals surface area contributed by atoms with Gasteiger partial charge < -0.3 is 10.3 Å². The number of aromatic nitrogens is 2. The van der Waals surface area contributed by atoms with Crippen LogP contribution in [0.3, 0.4) is 0 Å². The second-order valence-electron chi connectivity index (χ2n) is 6.39. The quantitative estimate of drug-likeness (QED) is 0.759. The molecule has 0 bridgehead atoms. The number of benzene rings is 2.